The topological polar surface area (TPSA) is 73.0 Å². The zero-order chi connectivity index (χ0) is 12.4. The molecule has 2 aromatic rings. The normalized spacial score (nSPS) is 10.2. The van der Waals surface area contributed by atoms with Crippen molar-refractivity contribution in [2.45, 2.75) is 0 Å². The van der Waals surface area contributed by atoms with Crippen LogP contribution in [-0.4, -0.2) is 14.7 Å². The molecule has 0 radical (unpaired) electrons. The van der Waals surface area contributed by atoms with Crippen molar-refractivity contribution in [2.75, 3.05) is 5.32 Å². The quantitative estimate of drug-likeness (QED) is 0.655. The molecular weight excluding hydrogens is 227 g/mol. The van der Waals surface area contributed by atoms with Crippen molar-refractivity contribution < 1.29 is 9.31 Å². The third-order valence-corrected chi connectivity index (χ3v) is 2.13. The molecule has 7 heteroatoms. The minimum absolute atomic E-state index is 0.0775. The van der Waals surface area contributed by atoms with Crippen LogP contribution < -0.4 is 5.32 Å². The van der Waals surface area contributed by atoms with Gasteiger partial charge in [0.1, 0.15) is 11.5 Å². The maximum absolute atomic E-state index is 13.0. The van der Waals surface area contributed by atoms with Gasteiger partial charge < -0.3 is 5.32 Å². The number of hydrogen-bond donors (Lipinski definition) is 1. The Balaban J connectivity index is 2.37. The molecule has 2 rings (SSSR count). The van der Waals surface area contributed by atoms with Crippen molar-refractivity contribution in [3.63, 3.8) is 0 Å². The van der Waals surface area contributed by atoms with Crippen molar-refractivity contribution in [3.05, 3.63) is 46.4 Å². The third kappa shape index (κ3) is 2.39. The standard InChI is InChI=1S/C10H9FN4O2/c1-14-5-4-10(13-14)12-8-6-7(11)2-3-9(8)15(16)17/h2-6H,1H3,(H,12,13). The third-order valence-electron chi connectivity index (χ3n) is 2.13. The molecule has 0 aliphatic carbocycles. The van der Waals surface area contributed by atoms with Crippen molar-refractivity contribution in [2.24, 2.45) is 7.05 Å². The van der Waals surface area contributed by atoms with Crippen molar-refractivity contribution in [1.82, 2.24) is 9.78 Å². The van der Waals surface area contributed by atoms with Crippen molar-refractivity contribution in [3.8, 4) is 0 Å². The summed E-state index contributed by atoms with van der Waals surface area (Å²) < 4.78 is 14.6. The molecule has 0 saturated carbocycles. The SMILES string of the molecule is Cn1ccc(Nc2cc(F)ccc2[N+](=O)[O-])n1. The molecule has 17 heavy (non-hydrogen) atoms. The lowest BCUT2D eigenvalue weighted by Crippen LogP contribution is -1.99. The van der Waals surface area contributed by atoms with E-state index in [0.717, 1.165) is 18.2 Å². The second-order valence-electron chi connectivity index (χ2n) is 3.42. The number of rotatable bonds is 3. The molecule has 1 heterocycles. The fourth-order valence-electron chi connectivity index (χ4n) is 1.39. The van der Waals surface area contributed by atoms with Gasteiger partial charge >= 0.3 is 0 Å². The van der Waals surface area contributed by atoms with E-state index in [1.165, 1.54) is 4.68 Å². The molecule has 0 fully saturated rings. The van der Waals surface area contributed by atoms with Crippen molar-refractivity contribution in [1.29, 1.82) is 0 Å². The summed E-state index contributed by atoms with van der Waals surface area (Å²) in [6, 6.07) is 4.85. The van der Waals surface area contributed by atoms with E-state index < -0.39 is 10.7 Å². The van der Waals surface area contributed by atoms with E-state index in [-0.39, 0.29) is 11.4 Å². The molecule has 0 unspecified atom stereocenters. The van der Waals surface area contributed by atoms with Crippen LogP contribution >= 0.6 is 0 Å². The molecule has 1 aromatic carbocycles. The second kappa shape index (κ2) is 4.20. The summed E-state index contributed by atoms with van der Waals surface area (Å²) in [7, 11) is 1.71. The lowest BCUT2D eigenvalue weighted by Gasteiger charge is -2.03. The Morgan fingerprint density at radius 1 is 1.47 bits per heavy atom. The predicted molar refractivity (Wildman–Crippen MR) is 59.5 cm³/mol. The molecule has 88 valence electrons. The van der Waals surface area contributed by atoms with Gasteiger partial charge in [-0.2, -0.15) is 5.10 Å². The average molecular weight is 236 g/mol. The number of nitrogens with one attached hydrogen (secondary N) is 1. The van der Waals surface area contributed by atoms with Gasteiger partial charge in [-0.1, -0.05) is 0 Å². The number of hydrogen-bond acceptors (Lipinski definition) is 4. The molecule has 1 N–H and O–H groups in total. The Kier molecular flexibility index (Phi) is 2.73. The smallest absolute Gasteiger partial charge is 0.292 e. The molecule has 1 aromatic heterocycles. The average Bonchev–Trinajstić information content (AvgIpc) is 2.63. The molecule has 0 spiro atoms. The Labute approximate surface area is 95.8 Å². The minimum atomic E-state index is -0.579. The second-order valence-corrected chi connectivity index (χ2v) is 3.42. The van der Waals surface area contributed by atoms with Crippen LogP contribution in [0.3, 0.4) is 0 Å². The molecule has 0 atom stereocenters. The van der Waals surface area contributed by atoms with Crippen LogP contribution in [0.15, 0.2) is 30.5 Å². The van der Waals surface area contributed by atoms with E-state index in [1.807, 2.05) is 0 Å². The van der Waals surface area contributed by atoms with Crippen LogP contribution in [-0.2, 0) is 7.05 Å². The molecular formula is C10H9FN4O2. The van der Waals surface area contributed by atoms with E-state index in [2.05, 4.69) is 10.4 Å². The zero-order valence-corrected chi connectivity index (χ0v) is 8.92. The number of benzene rings is 1. The molecule has 6 nitrogen and oxygen atoms in total. The highest BCUT2D eigenvalue weighted by Gasteiger charge is 2.15. The van der Waals surface area contributed by atoms with E-state index in [1.54, 1.807) is 19.3 Å². The van der Waals surface area contributed by atoms with E-state index in [0.29, 0.717) is 5.82 Å². The molecule has 0 aliphatic heterocycles. The number of nitrogens with zero attached hydrogens (tertiary/aromatic N) is 3. The van der Waals surface area contributed by atoms with Crippen molar-refractivity contribution >= 4 is 17.2 Å². The monoisotopic (exact) mass is 236 g/mol. The van der Waals surface area contributed by atoms with Crippen LogP contribution in [0, 0.1) is 15.9 Å². The van der Waals surface area contributed by atoms with Crippen LogP contribution in [0.1, 0.15) is 0 Å². The van der Waals surface area contributed by atoms with Crippen LogP contribution in [0.4, 0.5) is 21.6 Å². The molecule has 0 saturated heterocycles. The highest BCUT2D eigenvalue weighted by Crippen LogP contribution is 2.27. The first kappa shape index (κ1) is 11.1. The summed E-state index contributed by atoms with van der Waals surface area (Å²) in [5, 5.41) is 17.4. The largest absolute Gasteiger partial charge is 0.333 e. The molecule has 0 bridgehead atoms. The Hall–Kier alpha value is -2.44. The van der Waals surface area contributed by atoms with Gasteiger partial charge in [-0.05, 0) is 6.07 Å². The highest BCUT2D eigenvalue weighted by atomic mass is 19.1. The fraction of sp³-hybridized carbons (Fsp3) is 0.100. The first-order chi connectivity index (χ1) is 8.06. The van der Waals surface area contributed by atoms with E-state index >= 15 is 0 Å². The van der Waals surface area contributed by atoms with Gasteiger partial charge in [-0.15, -0.1) is 0 Å². The van der Waals surface area contributed by atoms with E-state index in [4.69, 9.17) is 0 Å². The van der Waals surface area contributed by atoms with Gasteiger partial charge in [0, 0.05) is 31.4 Å². The van der Waals surface area contributed by atoms with Gasteiger partial charge in [-0.25, -0.2) is 4.39 Å². The summed E-state index contributed by atoms with van der Waals surface area (Å²) in [5.74, 6) is -0.129. The van der Waals surface area contributed by atoms with Crippen LogP contribution in [0.5, 0.6) is 0 Å². The van der Waals surface area contributed by atoms with Gasteiger partial charge in [0.25, 0.3) is 5.69 Å². The zero-order valence-electron chi connectivity index (χ0n) is 8.92. The minimum Gasteiger partial charge on any atom is -0.333 e. The molecule has 0 amide bonds. The number of nitro groups is 1. The lowest BCUT2D eigenvalue weighted by molar-refractivity contribution is -0.384. The van der Waals surface area contributed by atoms with E-state index in [9.17, 15) is 14.5 Å². The number of anilines is 2. The van der Waals surface area contributed by atoms with Gasteiger partial charge in [0.2, 0.25) is 0 Å². The summed E-state index contributed by atoms with van der Waals surface area (Å²) in [6.45, 7) is 0. The lowest BCUT2D eigenvalue weighted by atomic mass is 10.2. The van der Waals surface area contributed by atoms with Gasteiger partial charge in [0.05, 0.1) is 4.92 Å². The van der Waals surface area contributed by atoms with Crippen LogP contribution in [0.2, 0.25) is 0 Å². The Bertz CT molecular complexity index is 567. The number of halogens is 1. The summed E-state index contributed by atoms with van der Waals surface area (Å²) >= 11 is 0. The first-order valence-corrected chi connectivity index (χ1v) is 4.77. The number of nitro benzene ring substituents is 1. The van der Waals surface area contributed by atoms with Gasteiger partial charge in [0.15, 0.2) is 5.82 Å². The van der Waals surface area contributed by atoms with Crippen LogP contribution in [0.25, 0.3) is 0 Å². The Morgan fingerprint density at radius 2 is 2.24 bits per heavy atom. The number of aromatic nitrogens is 2. The summed E-state index contributed by atoms with van der Waals surface area (Å²) in [4.78, 5) is 10.2. The predicted octanol–water partition coefficient (Wildman–Crippen LogP) is 2.21. The Morgan fingerprint density at radius 3 is 2.82 bits per heavy atom. The fourth-order valence-corrected chi connectivity index (χ4v) is 1.39. The van der Waals surface area contributed by atoms with Gasteiger partial charge in [-0.3, -0.25) is 14.8 Å². The summed E-state index contributed by atoms with van der Waals surface area (Å²) in [6.07, 6.45) is 1.67. The highest BCUT2D eigenvalue weighted by molar-refractivity contribution is 5.67. The maximum Gasteiger partial charge on any atom is 0.292 e. The first-order valence-electron chi connectivity index (χ1n) is 4.77. The summed E-state index contributed by atoms with van der Waals surface area (Å²) in [5.41, 5.74) is -0.120. The maximum atomic E-state index is 13.0. The number of aryl methyl sites for hydroxylation is 1. The molecule has 0 aliphatic rings.